The average molecular weight is 311 g/mol. The van der Waals surface area contributed by atoms with Gasteiger partial charge < -0.3 is 10.2 Å². The van der Waals surface area contributed by atoms with Crippen LogP contribution in [0, 0.1) is 0 Å². The number of benzene rings is 1. The molecule has 118 valence electrons. The molecule has 1 saturated heterocycles. The third kappa shape index (κ3) is 4.69. The molecule has 0 spiro atoms. The molecule has 1 heterocycles. The average Bonchev–Trinajstić information content (AvgIpc) is 2.64. The van der Waals surface area contributed by atoms with Crippen LogP contribution < -0.4 is 10.0 Å². The summed E-state index contributed by atoms with van der Waals surface area (Å²) in [6.07, 6.45) is 3.47. The van der Waals surface area contributed by atoms with Gasteiger partial charge in [-0.2, -0.15) is 0 Å². The molecule has 5 nitrogen and oxygen atoms in total. The Hall–Kier alpha value is -1.11. The summed E-state index contributed by atoms with van der Waals surface area (Å²) in [7, 11) is -1.20. The quantitative estimate of drug-likeness (QED) is 0.871. The minimum Gasteiger partial charge on any atom is -0.382 e. The number of likely N-dealkylation sites (tertiary alicyclic amines) is 1. The van der Waals surface area contributed by atoms with E-state index in [0.717, 1.165) is 31.6 Å². The second kappa shape index (κ2) is 7.24. The van der Waals surface area contributed by atoms with Gasteiger partial charge in [0.2, 0.25) is 10.0 Å². The second-order valence-electron chi connectivity index (χ2n) is 5.60. The summed E-state index contributed by atoms with van der Waals surface area (Å²) in [6, 6.07) is 7.47. The first-order chi connectivity index (χ1) is 10.0. The first-order valence-electron chi connectivity index (χ1n) is 7.56. The monoisotopic (exact) mass is 311 g/mol. The molecule has 0 radical (unpaired) electrons. The van der Waals surface area contributed by atoms with E-state index in [-0.39, 0.29) is 0 Å². The summed E-state index contributed by atoms with van der Waals surface area (Å²) in [4.78, 5) is 2.67. The lowest BCUT2D eigenvalue weighted by Gasteiger charge is -2.18. The molecule has 2 rings (SSSR count). The van der Waals surface area contributed by atoms with E-state index >= 15 is 0 Å². The van der Waals surface area contributed by atoms with Crippen LogP contribution in [0.2, 0.25) is 0 Å². The number of sulfonamides is 1. The summed E-state index contributed by atoms with van der Waals surface area (Å²) < 4.78 is 26.3. The minimum atomic E-state index is -3.36. The van der Waals surface area contributed by atoms with Crippen molar-refractivity contribution < 1.29 is 8.42 Å². The van der Waals surface area contributed by atoms with Gasteiger partial charge in [0, 0.05) is 18.3 Å². The minimum absolute atomic E-state index is 0.315. The summed E-state index contributed by atoms with van der Waals surface area (Å²) in [5, 5.41) is 3.51. The van der Waals surface area contributed by atoms with Gasteiger partial charge in [-0.15, -0.1) is 0 Å². The Morgan fingerprint density at radius 1 is 1.19 bits per heavy atom. The number of nitrogens with one attached hydrogen (secondary N) is 2. The topological polar surface area (TPSA) is 61.4 Å². The molecule has 0 amide bonds. The van der Waals surface area contributed by atoms with Crippen LogP contribution in [-0.2, 0) is 10.0 Å². The van der Waals surface area contributed by atoms with Crippen molar-refractivity contribution in [1.82, 2.24) is 9.62 Å². The van der Waals surface area contributed by atoms with Crippen LogP contribution in [0.1, 0.15) is 26.2 Å². The lowest BCUT2D eigenvalue weighted by atomic mass is 10.1. The van der Waals surface area contributed by atoms with Crippen molar-refractivity contribution in [3.05, 3.63) is 24.3 Å². The maximum Gasteiger partial charge on any atom is 0.240 e. The van der Waals surface area contributed by atoms with Gasteiger partial charge in [0.1, 0.15) is 0 Å². The third-order valence-corrected chi connectivity index (χ3v) is 5.38. The first kappa shape index (κ1) is 16.3. The smallest absolute Gasteiger partial charge is 0.240 e. The van der Waals surface area contributed by atoms with E-state index in [4.69, 9.17) is 0 Å². The molecule has 1 aromatic carbocycles. The fourth-order valence-corrected chi connectivity index (χ4v) is 3.66. The van der Waals surface area contributed by atoms with Crippen molar-refractivity contribution >= 4 is 15.7 Å². The van der Waals surface area contributed by atoms with Crippen molar-refractivity contribution in [2.75, 3.05) is 32.0 Å². The third-order valence-electron chi connectivity index (χ3n) is 3.82. The standard InChI is InChI=1S/C15H25N3O2S/c1-3-16-21(19,20)15-8-6-14(7-9-15)17-13-5-4-11-18(2)12-10-13/h6-9,13,16-17H,3-5,10-12H2,1-2H3. The van der Waals surface area contributed by atoms with E-state index in [1.165, 1.54) is 6.42 Å². The van der Waals surface area contributed by atoms with Gasteiger partial charge >= 0.3 is 0 Å². The number of anilines is 1. The Labute approximate surface area is 127 Å². The van der Waals surface area contributed by atoms with Crippen LogP contribution in [0.15, 0.2) is 29.2 Å². The van der Waals surface area contributed by atoms with Gasteiger partial charge in [-0.3, -0.25) is 0 Å². The largest absolute Gasteiger partial charge is 0.382 e. The molecule has 0 aromatic heterocycles. The van der Waals surface area contributed by atoms with E-state index < -0.39 is 10.0 Å². The molecule has 1 atom stereocenters. The highest BCUT2D eigenvalue weighted by Crippen LogP contribution is 2.18. The summed E-state index contributed by atoms with van der Waals surface area (Å²) in [6.45, 7) is 4.43. The molecular formula is C15H25N3O2S. The van der Waals surface area contributed by atoms with Crippen LogP contribution >= 0.6 is 0 Å². The molecule has 0 aliphatic carbocycles. The molecule has 21 heavy (non-hydrogen) atoms. The van der Waals surface area contributed by atoms with Crippen LogP contribution in [0.4, 0.5) is 5.69 Å². The van der Waals surface area contributed by atoms with E-state index in [2.05, 4.69) is 22.0 Å². The molecule has 1 fully saturated rings. The van der Waals surface area contributed by atoms with Gasteiger partial charge in [-0.1, -0.05) is 6.92 Å². The highest BCUT2D eigenvalue weighted by atomic mass is 32.2. The molecule has 0 saturated carbocycles. The molecule has 6 heteroatoms. The molecule has 1 aliphatic rings. The van der Waals surface area contributed by atoms with Gasteiger partial charge in [-0.25, -0.2) is 13.1 Å². The Balaban J connectivity index is 1.99. The molecule has 2 N–H and O–H groups in total. The van der Waals surface area contributed by atoms with Crippen LogP contribution in [0.5, 0.6) is 0 Å². The van der Waals surface area contributed by atoms with Crippen LogP contribution in [0.25, 0.3) is 0 Å². The maximum atomic E-state index is 11.9. The molecule has 1 aliphatic heterocycles. The molecular weight excluding hydrogens is 286 g/mol. The number of hydrogen-bond acceptors (Lipinski definition) is 4. The predicted molar refractivity (Wildman–Crippen MR) is 86.1 cm³/mol. The van der Waals surface area contributed by atoms with Gasteiger partial charge in [0.15, 0.2) is 0 Å². The number of hydrogen-bond donors (Lipinski definition) is 2. The SMILES string of the molecule is CCNS(=O)(=O)c1ccc(NC2CCCN(C)CC2)cc1. The molecule has 1 aromatic rings. The van der Waals surface area contributed by atoms with Crippen LogP contribution in [0.3, 0.4) is 0 Å². The summed E-state index contributed by atoms with van der Waals surface area (Å²) >= 11 is 0. The van der Waals surface area contributed by atoms with E-state index in [9.17, 15) is 8.42 Å². The van der Waals surface area contributed by atoms with Crippen LogP contribution in [-0.4, -0.2) is 46.0 Å². The Bertz CT molecular complexity index is 543. The van der Waals surface area contributed by atoms with Gasteiger partial charge in [0.25, 0.3) is 0 Å². The normalized spacial score (nSPS) is 21.0. The fraction of sp³-hybridized carbons (Fsp3) is 0.600. The van der Waals surface area contributed by atoms with Gasteiger partial charge in [-0.05, 0) is 63.7 Å². The highest BCUT2D eigenvalue weighted by Gasteiger charge is 2.15. The van der Waals surface area contributed by atoms with Crippen molar-refractivity contribution in [3.63, 3.8) is 0 Å². The predicted octanol–water partition coefficient (Wildman–Crippen LogP) is 1.88. The highest BCUT2D eigenvalue weighted by molar-refractivity contribution is 7.89. The molecule has 0 bridgehead atoms. The second-order valence-corrected chi connectivity index (χ2v) is 7.37. The fourth-order valence-electron chi connectivity index (χ4n) is 2.62. The zero-order chi connectivity index (χ0) is 15.3. The van der Waals surface area contributed by atoms with Gasteiger partial charge in [0.05, 0.1) is 4.90 Å². The Morgan fingerprint density at radius 3 is 2.57 bits per heavy atom. The Morgan fingerprint density at radius 2 is 1.90 bits per heavy atom. The van der Waals surface area contributed by atoms with E-state index in [0.29, 0.717) is 17.5 Å². The zero-order valence-corrected chi connectivity index (χ0v) is 13.6. The Kier molecular flexibility index (Phi) is 5.61. The van der Waals surface area contributed by atoms with Crippen molar-refractivity contribution in [2.45, 2.75) is 37.1 Å². The summed E-state index contributed by atoms with van der Waals surface area (Å²) in [5.74, 6) is 0. The lowest BCUT2D eigenvalue weighted by molar-refractivity contribution is 0.348. The lowest BCUT2D eigenvalue weighted by Crippen LogP contribution is -2.24. The van der Waals surface area contributed by atoms with Crippen molar-refractivity contribution in [2.24, 2.45) is 0 Å². The van der Waals surface area contributed by atoms with Crippen molar-refractivity contribution in [1.29, 1.82) is 0 Å². The van der Waals surface area contributed by atoms with E-state index in [1.54, 1.807) is 19.1 Å². The molecule has 1 unspecified atom stereocenters. The summed E-state index contributed by atoms with van der Waals surface area (Å²) in [5.41, 5.74) is 0.986. The van der Waals surface area contributed by atoms with E-state index in [1.807, 2.05) is 12.1 Å². The number of rotatable bonds is 5. The first-order valence-corrected chi connectivity index (χ1v) is 9.04. The zero-order valence-electron chi connectivity index (χ0n) is 12.8. The number of nitrogens with zero attached hydrogens (tertiary/aromatic N) is 1. The maximum absolute atomic E-state index is 11.9. The van der Waals surface area contributed by atoms with Crippen molar-refractivity contribution in [3.8, 4) is 0 Å².